The molecule has 1 aliphatic heterocycles. The number of methoxy groups -OCH3 is 1. The van der Waals surface area contributed by atoms with Crippen LogP contribution in [0.3, 0.4) is 0 Å². The van der Waals surface area contributed by atoms with Crippen LogP contribution in [0.4, 0.5) is 5.82 Å². The van der Waals surface area contributed by atoms with Crippen molar-refractivity contribution in [2.45, 2.75) is 19.9 Å². The standard InChI is InChI=1S/C23H34N6O/c1-4-24-23(25-12-11-20-7-5-6-8-21(20)30-3)27-18-19-9-10-22(26-17-19)29-15-13-28(2)14-16-29/h5-10,17H,4,11-16,18H2,1-3H3,(H2,24,25,27). The number of hydrogen-bond acceptors (Lipinski definition) is 5. The Bertz CT molecular complexity index is 800. The highest BCUT2D eigenvalue weighted by atomic mass is 16.5. The summed E-state index contributed by atoms with van der Waals surface area (Å²) in [5, 5.41) is 6.72. The van der Waals surface area contributed by atoms with Crippen molar-refractivity contribution in [2.75, 3.05) is 58.3 Å². The Labute approximate surface area is 180 Å². The van der Waals surface area contributed by atoms with Gasteiger partial charge >= 0.3 is 0 Å². The van der Waals surface area contributed by atoms with Gasteiger partial charge in [0.2, 0.25) is 0 Å². The van der Waals surface area contributed by atoms with Gasteiger partial charge in [0.15, 0.2) is 5.96 Å². The second kappa shape index (κ2) is 11.4. The largest absolute Gasteiger partial charge is 0.496 e. The molecular formula is C23H34N6O. The number of nitrogens with one attached hydrogen (secondary N) is 2. The molecule has 0 aliphatic carbocycles. The molecule has 162 valence electrons. The van der Waals surface area contributed by atoms with E-state index in [1.165, 1.54) is 5.56 Å². The number of benzene rings is 1. The first-order chi connectivity index (χ1) is 14.7. The summed E-state index contributed by atoms with van der Waals surface area (Å²) in [4.78, 5) is 14.1. The van der Waals surface area contributed by atoms with Crippen LogP contribution in [-0.4, -0.2) is 69.3 Å². The molecular weight excluding hydrogens is 376 g/mol. The lowest BCUT2D eigenvalue weighted by Crippen LogP contribution is -2.44. The Kier molecular flexibility index (Phi) is 8.32. The van der Waals surface area contributed by atoms with Crippen LogP contribution in [0.5, 0.6) is 5.75 Å². The van der Waals surface area contributed by atoms with Crippen LogP contribution in [0.25, 0.3) is 0 Å². The Morgan fingerprint density at radius 3 is 2.60 bits per heavy atom. The highest BCUT2D eigenvalue weighted by Gasteiger charge is 2.14. The summed E-state index contributed by atoms with van der Waals surface area (Å²) < 4.78 is 5.43. The van der Waals surface area contributed by atoms with Gasteiger partial charge in [0.25, 0.3) is 0 Å². The first kappa shape index (κ1) is 21.9. The molecule has 2 heterocycles. The molecule has 0 atom stereocenters. The van der Waals surface area contributed by atoms with Gasteiger partial charge in [-0.05, 0) is 43.7 Å². The number of ether oxygens (including phenoxy) is 1. The number of guanidine groups is 1. The van der Waals surface area contributed by atoms with E-state index in [0.29, 0.717) is 6.54 Å². The van der Waals surface area contributed by atoms with Crippen LogP contribution in [0.1, 0.15) is 18.1 Å². The summed E-state index contributed by atoms with van der Waals surface area (Å²) in [7, 11) is 3.87. The fourth-order valence-corrected chi connectivity index (χ4v) is 3.47. The molecule has 1 fully saturated rings. The zero-order chi connectivity index (χ0) is 21.2. The molecule has 1 aromatic carbocycles. The number of rotatable bonds is 8. The average Bonchev–Trinajstić information content (AvgIpc) is 2.79. The molecule has 2 N–H and O–H groups in total. The fourth-order valence-electron chi connectivity index (χ4n) is 3.47. The lowest BCUT2D eigenvalue weighted by atomic mass is 10.1. The smallest absolute Gasteiger partial charge is 0.191 e. The minimum atomic E-state index is 0.597. The molecule has 1 aliphatic rings. The Balaban J connectivity index is 1.52. The zero-order valence-electron chi connectivity index (χ0n) is 18.4. The molecule has 2 aromatic rings. The van der Waals surface area contributed by atoms with Crippen molar-refractivity contribution in [3.8, 4) is 5.75 Å². The van der Waals surface area contributed by atoms with Crippen molar-refractivity contribution in [2.24, 2.45) is 4.99 Å². The van der Waals surface area contributed by atoms with Crippen LogP contribution in [0.15, 0.2) is 47.6 Å². The van der Waals surface area contributed by atoms with Crippen molar-refractivity contribution in [3.63, 3.8) is 0 Å². The summed E-state index contributed by atoms with van der Waals surface area (Å²) in [6.07, 6.45) is 2.81. The molecule has 0 unspecified atom stereocenters. The molecule has 7 heteroatoms. The predicted molar refractivity (Wildman–Crippen MR) is 123 cm³/mol. The molecule has 7 nitrogen and oxygen atoms in total. The third kappa shape index (κ3) is 6.35. The summed E-state index contributed by atoms with van der Waals surface area (Å²) >= 11 is 0. The quantitative estimate of drug-likeness (QED) is 0.514. The number of anilines is 1. The molecule has 0 radical (unpaired) electrons. The normalized spacial score (nSPS) is 15.2. The summed E-state index contributed by atoms with van der Waals surface area (Å²) in [6.45, 7) is 8.50. The van der Waals surface area contributed by atoms with E-state index in [0.717, 1.165) is 68.8 Å². The monoisotopic (exact) mass is 410 g/mol. The average molecular weight is 411 g/mol. The summed E-state index contributed by atoms with van der Waals surface area (Å²) in [6, 6.07) is 12.4. The number of pyridine rings is 1. The maximum Gasteiger partial charge on any atom is 0.191 e. The number of aromatic nitrogens is 1. The van der Waals surface area contributed by atoms with Gasteiger partial charge in [-0.15, -0.1) is 0 Å². The van der Waals surface area contributed by atoms with E-state index in [4.69, 9.17) is 9.73 Å². The minimum absolute atomic E-state index is 0.597. The first-order valence-corrected chi connectivity index (χ1v) is 10.7. The van der Waals surface area contributed by atoms with E-state index < -0.39 is 0 Å². The maximum atomic E-state index is 5.43. The lowest BCUT2D eigenvalue weighted by molar-refractivity contribution is 0.312. The van der Waals surface area contributed by atoms with E-state index >= 15 is 0 Å². The first-order valence-electron chi connectivity index (χ1n) is 10.7. The number of aliphatic imine (C=N–C) groups is 1. The lowest BCUT2D eigenvalue weighted by Gasteiger charge is -2.33. The second-order valence-electron chi connectivity index (χ2n) is 7.50. The van der Waals surface area contributed by atoms with Crippen molar-refractivity contribution in [1.82, 2.24) is 20.5 Å². The van der Waals surface area contributed by atoms with E-state index in [1.807, 2.05) is 24.4 Å². The van der Waals surface area contributed by atoms with Crippen LogP contribution in [0, 0.1) is 0 Å². The van der Waals surface area contributed by atoms with E-state index in [9.17, 15) is 0 Å². The highest BCUT2D eigenvalue weighted by Crippen LogP contribution is 2.17. The maximum absolute atomic E-state index is 5.43. The molecule has 0 saturated carbocycles. The van der Waals surface area contributed by atoms with Gasteiger partial charge < -0.3 is 25.2 Å². The van der Waals surface area contributed by atoms with Crippen LogP contribution in [-0.2, 0) is 13.0 Å². The number of para-hydroxylation sites is 1. The SMILES string of the molecule is CCNC(=NCc1ccc(N2CCN(C)CC2)nc1)NCCc1ccccc1OC. The molecule has 30 heavy (non-hydrogen) atoms. The summed E-state index contributed by atoms with van der Waals surface area (Å²) in [5.74, 6) is 2.79. The van der Waals surface area contributed by atoms with Crippen molar-refractivity contribution in [1.29, 1.82) is 0 Å². The van der Waals surface area contributed by atoms with Gasteiger partial charge in [0, 0.05) is 45.5 Å². The molecule has 0 bridgehead atoms. The van der Waals surface area contributed by atoms with E-state index in [-0.39, 0.29) is 0 Å². The van der Waals surface area contributed by atoms with Gasteiger partial charge in [-0.3, -0.25) is 0 Å². The summed E-state index contributed by atoms with van der Waals surface area (Å²) in [5.41, 5.74) is 2.29. The van der Waals surface area contributed by atoms with Gasteiger partial charge in [-0.1, -0.05) is 24.3 Å². The van der Waals surface area contributed by atoms with Gasteiger partial charge in [-0.25, -0.2) is 9.98 Å². The van der Waals surface area contributed by atoms with E-state index in [1.54, 1.807) is 7.11 Å². The van der Waals surface area contributed by atoms with Crippen LogP contribution >= 0.6 is 0 Å². The van der Waals surface area contributed by atoms with Crippen molar-refractivity contribution < 1.29 is 4.74 Å². The zero-order valence-corrected chi connectivity index (χ0v) is 18.4. The van der Waals surface area contributed by atoms with Gasteiger partial charge in [-0.2, -0.15) is 0 Å². The predicted octanol–water partition coefficient (Wildman–Crippen LogP) is 2.14. The molecule has 0 amide bonds. The van der Waals surface area contributed by atoms with Crippen LogP contribution < -0.4 is 20.3 Å². The van der Waals surface area contributed by atoms with Gasteiger partial charge in [0.05, 0.1) is 13.7 Å². The number of nitrogens with zero attached hydrogens (tertiary/aromatic N) is 4. The Hall–Kier alpha value is -2.80. The molecule has 1 aromatic heterocycles. The number of piperazine rings is 1. The second-order valence-corrected chi connectivity index (χ2v) is 7.50. The Morgan fingerprint density at radius 2 is 1.90 bits per heavy atom. The molecule has 0 spiro atoms. The van der Waals surface area contributed by atoms with Crippen molar-refractivity contribution >= 4 is 11.8 Å². The molecule has 3 rings (SSSR count). The number of likely N-dealkylation sites (N-methyl/N-ethyl adjacent to an activating group) is 1. The van der Waals surface area contributed by atoms with Crippen molar-refractivity contribution in [3.05, 3.63) is 53.7 Å². The number of hydrogen-bond donors (Lipinski definition) is 2. The fraction of sp³-hybridized carbons (Fsp3) is 0.478. The molecule has 1 saturated heterocycles. The third-order valence-electron chi connectivity index (χ3n) is 5.28. The van der Waals surface area contributed by atoms with E-state index in [2.05, 4.69) is 57.6 Å². The third-order valence-corrected chi connectivity index (χ3v) is 5.28. The topological polar surface area (TPSA) is 65.0 Å². The van der Waals surface area contributed by atoms with Crippen LogP contribution in [0.2, 0.25) is 0 Å². The Morgan fingerprint density at radius 1 is 1.10 bits per heavy atom. The van der Waals surface area contributed by atoms with Gasteiger partial charge in [0.1, 0.15) is 11.6 Å². The highest BCUT2D eigenvalue weighted by molar-refractivity contribution is 5.79. The minimum Gasteiger partial charge on any atom is -0.496 e.